The zero-order chi connectivity index (χ0) is 7.82. The summed E-state index contributed by atoms with van der Waals surface area (Å²) in [6, 6.07) is 0.145. The normalized spacial score (nSPS) is 12.1. The summed E-state index contributed by atoms with van der Waals surface area (Å²) >= 11 is 0. The summed E-state index contributed by atoms with van der Waals surface area (Å²) in [7, 11) is 0. The largest absolute Gasteiger partial charge is 0.391 e. The lowest BCUT2D eigenvalue weighted by atomic mass is 10.2. The van der Waals surface area contributed by atoms with Crippen molar-refractivity contribution in [3.8, 4) is 0 Å². The van der Waals surface area contributed by atoms with E-state index in [0.29, 0.717) is 0 Å². The summed E-state index contributed by atoms with van der Waals surface area (Å²) in [5.74, 6) is 0. The third kappa shape index (κ3) is 5.38. The molecule has 0 rings (SSSR count). The van der Waals surface area contributed by atoms with Gasteiger partial charge in [0.15, 0.2) is 0 Å². The highest BCUT2D eigenvalue weighted by atomic mass is 14.8. The van der Waals surface area contributed by atoms with Crippen molar-refractivity contribution in [2.75, 3.05) is 6.54 Å². The SMILES string of the molecule is C=CNCCCC(N)C=C. The summed E-state index contributed by atoms with van der Waals surface area (Å²) in [6.07, 6.45) is 5.52. The molecule has 0 aliphatic carbocycles. The third-order valence-electron chi connectivity index (χ3n) is 1.31. The van der Waals surface area contributed by atoms with Crippen LogP contribution in [0, 0.1) is 0 Å². The molecule has 0 spiro atoms. The second kappa shape index (κ2) is 6.36. The van der Waals surface area contributed by atoms with Crippen LogP contribution in [0.15, 0.2) is 25.4 Å². The first-order valence-corrected chi connectivity index (χ1v) is 3.53. The topological polar surface area (TPSA) is 38.0 Å². The van der Waals surface area contributed by atoms with Gasteiger partial charge in [-0.25, -0.2) is 0 Å². The van der Waals surface area contributed by atoms with Crippen molar-refractivity contribution in [2.24, 2.45) is 5.73 Å². The second-order valence-electron chi connectivity index (χ2n) is 2.20. The Balaban J connectivity index is 3.02. The molecule has 1 atom stereocenters. The molecule has 2 nitrogen and oxygen atoms in total. The van der Waals surface area contributed by atoms with Crippen molar-refractivity contribution < 1.29 is 0 Å². The van der Waals surface area contributed by atoms with Gasteiger partial charge in [-0.05, 0) is 19.0 Å². The third-order valence-corrected chi connectivity index (χ3v) is 1.31. The lowest BCUT2D eigenvalue weighted by molar-refractivity contribution is 0.645. The number of hydrogen-bond acceptors (Lipinski definition) is 2. The average molecular weight is 140 g/mol. The summed E-state index contributed by atoms with van der Waals surface area (Å²) < 4.78 is 0. The molecule has 0 saturated heterocycles. The Bertz CT molecular complexity index is 99.4. The molecule has 0 amide bonds. The maximum absolute atomic E-state index is 5.58. The van der Waals surface area contributed by atoms with Gasteiger partial charge >= 0.3 is 0 Å². The molecule has 58 valence electrons. The van der Waals surface area contributed by atoms with E-state index >= 15 is 0 Å². The molecule has 1 unspecified atom stereocenters. The van der Waals surface area contributed by atoms with Gasteiger partial charge in [-0.1, -0.05) is 12.7 Å². The van der Waals surface area contributed by atoms with Crippen molar-refractivity contribution in [3.05, 3.63) is 25.4 Å². The molecule has 0 heterocycles. The van der Waals surface area contributed by atoms with Gasteiger partial charge in [0.2, 0.25) is 0 Å². The van der Waals surface area contributed by atoms with E-state index in [2.05, 4.69) is 18.5 Å². The average Bonchev–Trinajstić information content (AvgIpc) is 1.98. The van der Waals surface area contributed by atoms with Crippen LogP contribution in [-0.2, 0) is 0 Å². The van der Waals surface area contributed by atoms with E-state index in [1.165, 1.54) is 0 Å². The van der Waals surface area contributed by atoms with Gasteiger partial charge in [-0.15, -0.1) is 6.58 Å². The van der Waals surface area contributed by atoms with E-state index < -0.39 is 0 Å². The van der Waals surface area contributed by atoms with Gasteiger partial charge in [0, 0.05) is 12.6 Å². The fourth-order valence-electron chi connectivity index (χ4n) is 0.660. The number of nitrogens with one attached hydrogen (secondary N) is 1. The van der Waals surface area contributed by atoms with Crippen molar-refractivity contribution in [1.82, 2.24) is 5.32 Å². The van der Waals surface area contributed by atoms with Gasteiger partial charge in [0.05, 0.1) is 0 Å². The molecule has 0 aromatic rings. The molecule has 0 aliphatic heterocycles. The van der Waals surface area contributed by atoms with Gasteiger partial charge in [0.1, 0.15) is 0 Å². The van der Waals surface area contributed by atoms with Crippen LogP contribution < -0.4 is 11.1 Å². The summed E-state index contributed by atoms with van der Waals surface area (Å²) in [6.45, 7) is 8.08. The molecule has 0 saturated carbocycles. The number of rotatable bonds is 6. The molecule has 0 radical (unpaired) electrons. The van der Waals surface area contributed by atoms with Gasteiger partial charge in [0.25, 0.3) is 0 Å². The lowest BCUT2D eigenvalue weighted by Gasteiger charge is -2.04. The maximum Gasteiger partial charge on any atom is 0.0221 e. The Hall–Kier alpha value is -0.760. The molecular weight excluding hydrogens is 124 g/mol. The molecule has 2 heteroatoms. The Labute approximate surface area is 62.8 Å². The van der Waals surface area contributed by atoms with Crippen molar-refractivity contribution in [3.63, 3.8) is 0 Å². The van der Waals surface area contributed by atoms with E-state index in [-0.39, 0.29) is 6.04 Å². The predicted molar refractivity (Wildman–Crippen MR) is 45.6 cm³/mol. The smallest absolute Gasteiger partial charge is 0.0221 e. The Morgan fingerprint density at radius 3 is 2.70 bits per heavy atom. The summed E-state index contributed by atoms with van der Waals surface area (Å²) in [4.78, 5) is 0. The van der Waals surface area contributed by atoms with E-state index in [9.17, 15) is 0 Å². The monoisotopic (exact) mass is 140 g/mol. The van der Waals surface area contributed by atoms with Crippen LogP contribution in [0.2, 0.25) is 0 Å². The van der Waals surface area contributed by atoms with Crippen LogP contribution >= 0.6 is 0 Å². The first kappa shape index (κ1) is 9.24. The Kier molecular flexibility index (Phi) is 5.88. The minimum Gasteiger partial charge on any atom is -0.391 e. The highest BCUT2D eigenvalue weighted by Gasteiger charge is 1.93. The van der Waals surface area contributed by atoms with Crippen LogP contribution in [0.5, 0.6) is 0 Å². The minimum absolute atomic E-state index is 0.145. The van der Waals surface area contributed by atoms with E-state index in [1.807, 2.05) is 0 Å². The van der Waals surface area contributed by atoms with E-state index in [4.69, 9.17) is 5.73 Å². The molecule has 0 aliphatic rings. The fraction of sp³-hybridized carbons (Fsp3) is 0.500. The number of nitrogens with two attached hydrogens (primary N) is 1. The molecular formula is C8H16N2. The van der Waals surface area contributed by atoms with Gasteiger partial charge in [-0.3, -0.25) is 0 Å². The molecule has 0 aromatic heterocycles. The minimum atomic E-state index is 0.145. The molecule has 10 heavy (non-hydrogen) atoms. The van der Waals surface area contributed by atoms with Gasteiger partial charge in [-0.2, -0.15) is 0 Å². The van der Waals surface area contributed by atoms with Crippen LogP contribution in [0.1, 0.15) is 12.8 Å². The van der Waals surface area contributed by atoms with Crippen LogP contribution in [-0.4, -0.2) is 12.6 Å². The highest BCUT2D eigenvalue weighted by Crippen LogP contribution is 1.92. The maximum atomic E-state index is 5.58. The van der Waals surface area contributed by atoms with Crippen LogP contribution in [0.4, 0.5) is 0 Å². The zero-order valence-electron chi connectivity index (χ0n) is 6.34. The van der Waals surface area contributed by atoms with E-state index in [0.717, 1.165) is 19.4 Å². The molecule has 0 fully saturated rings. The Morgan fingerprint density at radius 2 is 2.20 bits per heavy atom. The first-order chi connectivity index (χ1) is 4.81. The van der Waals surface area contributed by atoms with Gasteiger partial charge < -0.3 is 11.1 Å². The fourth-order valence-corrected chi connectivity index (χ4v) is 0.660. The zero-order valence-corrected chi connectivity index (χ0v) is 6.34. The van der Waals surface area contributed by atoms with Crippen LogP contribution in [0.3, 0.4) is 0 Å². The standard InChI is InChI=1S/C8H16N2/c1-3-8(9)6-5-7-10-4-2/h3-4,8,10H,1-2,5-7,9H2. The van der Waals surface area contributed by atoms with E-state index in [1.54, 1.807) is 12.3 Å². The summed E-state index contributed by atoms with van der Waals surface area (Å²) in [5, 5.41) is 3.00. The first-order valence-electron chi connectivity index (χ1n) is 3.53. The Morgan fingerprint density at radius 1 is 1.50 bits per heavy atom. The molecule has 3 N–H and O–H groups in total. The van der Waals surface area contributed by atoms with Crippen molar-refractivity contribution in [1.29, 1.82) is 0 Å². The highest BCUT2D eigenvalue weighted by molar-refractivity contribution is 4.82. The van der Waals surface area contributed by atoms with Crippen molar-refractivity contribution in [2.45, 2.75) is 18.9 Å². The number of hydrogen-bond donors (Lipinski definition) is 2. The van der Waals surface area contributed by atoms with Crippen LogP contribution in [0.25, 0.3) is 0 Å². The lowest BCUT2D eigenvalue weighted by Crippen LogP contribution is -2.18. The molecule has 0 bridgehead atoms. The quantitative estimate of drug-likeness (QED) is 0.427. The second-order valence-corrected chi connectivity index (χ2v) is 2.20. The molecule has 0 aromatic carbocycles. The predicted octanol–water partition coefficient (Wildman–Crippen LogP) is 1.01. The van der Waals surface area contributed by atoms with Crippen molar-refractivity contribution >= 4 is 0 Å². The summed E-state index contributed by atoms with van der Waals surface area (Å²) in [5.41, 5.74) is 5.58.